The van der Waals surface area contributed by atoms with E-state index >= 15 is 0 Å². The molecule has 0 amide bonds. The number of nitrogens with zero attached hydrogens (tertiary/aromatic N) is 3. The van der Waals surface area contributed by atoms with Crippen LogP contribution in [0.5, 0.6) is 0 Å². The van der Waals surface area contributed by atoms with Crippen LogP contribution in [0.1, 0.15) is 11.1 Å². The Hall–Kier alpha value is -3.66. The first-order valence-corrected chi connectivity index (χ1v) is 9.37. The van der Waals surface area contributed by atoms with Crippen LogP contribution in [0.3, 0.4) is 0 Å². The molecule has 0 atom stereocenters. The maximum atomic E-state index is 5.08. The molecule has 0 spiro atoms. The summed E-state index contributed by atoms with van der Waals surface area (Å²) in [6.07, 6.45) is 3.96. The quantitative estimate of drug-likeness (QED) is 0.448. The number of aromatic nitrogens is 4. The van der Waals surface area contributed by atoms with E-state index in [0.29, 0.717) is 0 Å². The molecule has 0 aliphatic rings. The maximum Gasteiger partial charge on any atom is 0.141 e. The van der Waals surface area contributed by atoms with Gasteiger partial charge in [-0.05, 0) is 31.0 Å². The molecule has 0 saturated heterocycles. The number of fused-ring (bicyclic) bond motifs is 1. The first-order valence-electron chi connectivity index (χ1n) is 9.37. The number of hydrogen-bond acceptors (Lipinski definition) is 2. The Morgan fingerprint density at radius 3 is 2.11 bits per heavy atom. The largest absolute Gasteiger partial charge is 0.298 e. The van der Waals surface area contributed by atoms with Crippen LogP contribution in [-0.2, 0) is 0 Å². The van der Waals surface area contributed by atoms with Crippen molar-refractivity contribution in [1.82, 2.24) is 19.6 Å². The van der Waals surface area contributed by atoms with E-state index in [1.165, 1.54) is 11.1 Å². The van der Waals surface area contributed by atoms with Crippen LogP contribution in [0.25, 0.3) is 39.4 Å². The van der Waals surface area contributed by atoms with Crippen LogP contribution in [0, 0.1) is 13.8 Å². The predicted molar refractivity (Wildman–Crippen MR) is 113 cm³/mol. The summed E-state index contributed by atoms with van der Waals surface area (Å²) in [5, 5.41) is 7.23. The molecule has 0 aliphatic carbocycles. The Morgan fingerprint density at radius 1 is 0.786 bits per heavy atom. The van der Waals surface area contributed by atoms with E-state index in [2.05, 4.69) is 83.2 Å². The van der Waals surface area contributed by atoms with Crippen LogP contribution >= 0.6 is 0 Å². The third-order valence-corrected chi connectivity index (χ3v) is 5.36. The average molecular weight is 364 g/mol. The molecular formula is C24H20N4. The number of hydrogen-bond donors (Lipinski definition) is 1. The molecule has 136 valence electrons. The van der Waals surface area contributed by atoms with Gasteiger partial charge in [0.05, 0.1) is 17.1 Å². The number of aryl methyl sites for hydroxylation is 1. The lowest BCUT2D eigenvalue weighted by Crippen LogP contribution is -1.97. The molecule has 0 saturated carbocycles. The van der Waals surface area contributed by atoms with Crippen molar-refractivity contribution >= 4 is 5.65 Å². The fourth-order valence-corrected chi connectivity index (χ4v) is 3.77. The molecule has 0 fully saturated rings. The summed E-state index contributed by atoms with van der Waals surface area (Å²) in [4.78, 5) is 5.08. The summed E-state index contributed by atoms with van der Waals surface area (Å²) in [5.74, 6) is 0. The van der Waals surface area contributed by atoms with Gasteiger partial charge in [-0.2, -0.15) is 5.10 Å². The van der Waals surface area contributed by atoms with E-state index in [9.17, 15) is 0 Å². The number of aromatic amines is 1. The normalized spacial score (nSPS) is 11.2. The first-order chi connectivity index (χ1) is 13.7. The molecule has 1 N–H and O–H groups in total. The lowest BCUT2D eigenvalue weighted by Gasteiger charge is -2.11. The Balaban J connectivity index is 1.90. The molecule has 0 radical (unpaired) electrons. The van der Waals surface area contributed by atoms with Crippen LogP contribution in [0.15, 0.2) is 79.1 Å². The molecule has 0 aliphatic heterocycles. The monoisotopic (exact) mass is 364 g/mol. The lowest BCUT2D eigenvalue weighted by atomic mass is 10.0. The Bertz CT molecular complexity index is 1250. The maximum absolute atomic E-state index is 5.08. The summed E-state index contributed by atoms with van der Waals surface area (Å²) in [5.41, 5.74) is 9.87. The minimum atomic E-state index is 0.985. The second kappa shape index (κ2) is 6.50. The smallest absolute Gasteiger partial charge is 0.141 e. The van der Waals surface area contributed by atoms with Crippen molar-refractivity contribution in [2.45, 2.75) is 13.8 Å². The molecule has 0 bridgehead atoms. The fourth-order valence-electron chi connectivity index (χ4n) is 3.77. The first kappa shape index (κ1) is 16.5. The van der Waals surface area contributed by atoms with Gasteiger partial charge in [-0.25, -0.2) is 4.98 Å². The van der Waals surface area contributed by atoms with Gasteiger partial charge in [0, 0.05) is 29.1 Å². The van der Waals surface area contributed by atoms with E-state index in [-0.39, 0.29) is 0 Å². The van der Waals surface area contributed by atoms with E-state index in [1.54, 1.807) is 6.20 Å². The van der Waals surface area contributed by atoms with E-state index in [4.69, 9.17) is 4.98 Å². The van der Waals surface area contributed by atoms with Crippen LogP contribution in [0.4, 0.5) is 0 Å². The van der Waals surface area contributed by atoms with Crippen molar-refractivity contribution in [2.75, 3.05) is 0 Å². The number of H-pyrrole nitrogens is 1. The molecule has 28 heavy (non-hydrogen) atoms. The molecule has 4 nitrogen and oxygen atoms in total. The average Bonchev–Trinajstić information content (AvgIpc) is 3.40. The summed E-state index contributed by atoms with van der Waals surface area (Å²) in [6, 6.07) is 22.9. The lowest BCUT2D eigenvalue weighted by molar-refractivity contribution is 1.08. The molecule has 2 aromatic carbocycles. The third kappa shape index (κ3) is 2.54. The van der Waals surface area contributed by atoms with Gasteiger partial charge in [0.15, 0.2) is 0 Å². The van der Waals surface area contributed by atoms with Crippen LogP contribution in [-0.4, -0.2) is 19.6 Å². The van der Waals surface area contributed by atoms with Gasteiger partial charge in [-0.1, -0.05) is 60.7 Å². The van der Waals surface area contributed by atoms with E-state index in [0.717, 1.165) is 39.4 Å². The number of nitrogens with one attached hydrogen (secondary N) is 1. The van der Waals surface area contributed by atoms with E-state index in [1.807, 2.05) is 18.2 Å². The molecule has 5 rings (SSSR count). The molecular weight excluding hydrogens is 344 g/mol. The summed E-state index contributed by atoms with van der Waals surface area (Å²) in [6.45, 7) is 4.28. The standard InChI is InChI=1S/C24H20N4/c1-16-17(2)24-26-22(18-9-5-3-6-10-18)23(19-11-7-4-8-12-19)28(24)15-20(16)21-13-14-25-27-21/h3-15H,1-2H3,(H,25,27). The SMILES string of the molecule is Cc1c(-c2ccn[nH]2)cn2c(-c3ccccc3)c(-c3ccccc3)nc2c1C. The van der Waals surface area contributed by atoms with Crippen LogP contribution < -0.4 is 0 Å². The van der Waals surface area contributed by atoms with Crippen LogP contribution in [0.2, 0.25) is 0 Å². The highest BCUT2D eigenvalue weighted by molar-refractivity contribution is 5.84. The zero-order chi connectivity index (χ0) is 19.1. The third-order valence-electron chi connectivity index (χ3n) is 5.36. The van der Waals surface area contributed by atoms with Crippen molar-refractivity contribution < 1.29 is 0 Å². The zero-order valence-corrected chi connectivity index (χ0v) is 15.8. The van der Waals surface area contributed by atoms with Crippen molar-refractivity contribution in [3.05, 3.63) is 90.3 Å². The second-order valence-electron chi connectivity index (χ2n) is 7.00. The number of rotatable bonds is 3. The van der Waals surface area contributed by atoms with Crippen molar-refractivity contribution in [1.29, 1.82) is 0 Å². The molecule has 3 heterocycles. The molecule has 3 aromatic heterocycles. The molecule has 4 heteroatoms. The zero-order valence-electron chi connectivity index (χ0n) is 15.8. The Morgan fingerprint density at radius 2 is 1.46 bits per heavy atom. The predicted octanol–water partition coefficient (Wildman–Crippen LogP) is 5.68. The van der Waals surface area contributed by atoms with Gasteiger partial charge in [0.25, 0.3) is 0 Å². The van der Waals surface area contributed by atoms with Gasteiger partial charge < -0.3 is 0 Å². The van der Waals surface area contributed by atoms with Gasteiger partial charge >= 0.3 is 0 Å². The topological polar surface area (TPSA) is 46.0 Å². The van der Waals surface area contributed by atoms with Crippen molar-refractivity contribution in [2.24, 2.45) is 0 Å². The molecule has 0 unspecified atom stereocenters. The minimum Gasteiger partial charge on any atom is -0.298 e. The summed E-state index contributed by atoms with van der Waals surface area (Å²) in [7, 11) is 0. The highest BCUT2D eigenvalue weighted by Gasteiger charge is 2.20. The highest BCUT2D eigenvalue weighted by Crippen LogP contribution is 2.36. The van der Waals surface area contributed by atoms with Crippen molar-refractivity contribution in [3.8, 4) is 33.8 Å². The number of pyridine rings is 1. The van der Waals surface area contributed by atoms with Gasteiger partial charge in [0.2, 0.25) is 0 Å². The summed E-state index contributed by atoms with van der Waals surface area (Å²) >= 11 is 0. The Labute approximate surface area is 163 Å². The minimum absolute atomic E-state index is 0.985. The fraction of sp³-hybridized carbons (Fsp3) is 0.0833. The van der Waals surface area contributed by atoms with Gasteiger partial charge in [-0.3, -0.25) is 9.50 Å². The summed E-state index contributed by atoms with van der Waals surface area (Å²) < 4.78 is 2.22. The molecule has 5 aromatic rings. The number of imidazole rings is 1. The van der Waals surface area contributed by atoms with E-state index < -0.39 is 0 Å². The van der Waals surface area contributed by atoms with Crippen molar-refractivity contribution in [3.63, 3.8) is 0 Å². The Kier molecular flexibility index (Phi) is 3.83. The highest BCUT2D eigenvalue weighted by atomic mass is 15.1. The van der Waals surface area contributed by atoms with Gasteiger partial charge in [0.1, 0.15) is 5.65 Å². The van der Waals surface area contributed by atoms with Gasteiger partial charge in [-0.15, -0.1) is 0 Å². The number of benzene rings is 2. The second-order valence-corrected chi connectivity index (χ2v) is 7.00.